The molecule has 4 heteroatoms. The molecular formula is C10H13N3O. The maximum Gasteiger partial charge on any atom is 0.119 e. The van der Waals surface area contributed by atoms with Gasteiger partial charge in [0.15, 0.2) is 0 Å². The standard InChI is InChI=1S/C10H13N3O/c1-3-14-10-6-4-9(5-7-10)8(2)12-13-11/h4-8H,3H2,1-2H3/t8-/m0/s1. The zero-order valence-electron chi connectivity index (χ0n) is 8.34. The number of hydrogen-bond donors (Lipinski definition) is 0. The van der Waals surface area contributed by atoms with E-state index in [2.05, 4.69) is 10.0 Å². The van der Waals surface area contributed by atoms with Crippen LogP contribution in [-0.2, 0) is 0 Å². The molecule has 1 atom stereocenters. The molecule has 0 heterocycles. The van der Waals surface area contributed by atoms with Crippen LogP contribution in [0.15, 0.2) is 29.4 Å². The minimum atomic E-state index is -0.129. The van der Waals surface area contributed by atoms with E-state index in [-0.39, 0.29) is 6.04 Å². The molecular weight excluding hydrogens is 178 g/mol. The van der Waals surface area contributed by atoms with Crippen LogP contribution in [0.2, 0.25) is 0 Å². The molecule has 0 unspecified atom stereocenters. The number of rotatable bonds is 4. The Morgan fingerprint density at radius 2 is 2.07 bits per heavy atom. The van der Waals surface area contributed by atoms with E-state index < -0.39 is 0 Å². The first-order chi connectivity index (χ1) is 6.77. The minimum absolute atomic E-state index is 0.129. The van der Waals surface area contributed by atoms with Crippen LogP contribution in [0.5, 0.6) is 5.75 Å². The van der Waals surface area contributed by atoms with E-state index >= 15 is 0 Å². The highest BCUT2D eigenvalue weighted by Crippen LogP contribution is 2.20. The van der Waals surface area contributed by atoms with E-state index in [0.717, 1.165) is 11.3 Å². The second kappa shape index (κ2) is 5.14. The van der Waals surface area contributed by atoms with Gasteiger partial charge in [-0.3, -0.25) is 0 Å². The fourth-order valence-corrected chi connectivity index (χ4v) is 1.15. The van der Waals surface area contributed by atoms with Crippen LogP contribution >= 0.6 is 0 Å². The Bertz CT molecular complexity index is 328. The van der Waals surface area contributed by atoms with Crippen molar-refractivity contribution in [2.75, 3.05) is 6.61 Å². The van der Waals surface area contributed by atoms with Gasteiger partial charge in [-0.1, -0.05) is 24.2 Å². The van der Waals surface area contributed by atoms with Crippen molar-refractivity contribution in [3.8, 4) is 5.75 Å². The lowest BCUT2D eigenvalue weighted by Crippen LogP contribution is -1.92. The third-order valence-electron chi connectivity index (χ3n) is 1.90. The molecule has 0 N–H and O–H groups in total. The lowest BCUT2D eigenvalue weighted by molar-refractivity contribution is 0.340. The summed E-state index contributed by atoms with van der Waals surface area (Å²) in [5.41, 5.74) is 9.26. The van der Waals surface area contributed by atoms with Crippen LogP contribution in [-0.4, -0.2) is 6.61 Å². The first-order valence-electron chi connectivity index (χ1n) is 4.55. The van der Waals surface area contributed by atoms with E-state index in [1.807, 2.05) is 38.1 Å². The molecule has 0 spiro atoms. The van der Waals surface area contributed by atoms with Crippen LogP contribution in [0.4, 0.5) is 0 Å². The van der Waals surface area contributed by atoms with E-state index in [1.165, 1.54) is 0 Å². The molecule has 0 aliphatic carbocycles. The second-order valence-corrected chi connectivity index (χ2v) is 2.88. The van der Waals surface area contributed by atoms with Crippen molar-refractivity contribution in [2.24, 2.45) is 5.11 Å². The van der Waals surface area contributed by atoms with E-state index in [4.69, 9.17) is 10.3 Å². The number of ether oxygens (including phenoxy) is 1. The van der Waals surface area contributed by atoms with Gasteiger partial charge in [-0.25, -0.2) is 0 Å². The van der Waals surface area contributed by atoms with Gasteiger partial charge in [0.2, 0.25) is 0 Å². The predicted molar refractivity (Wildman–Crippen MR) is 55.2 cm³/mol. The summed E-state index contributed by atoms with van der Waals surface area (Å²) in [5, 5.41) is 3.61. The summed E-state index contributed by atoms with van der Waals surface area (Å²) in [7, 11) is 0. The third kappa shape index (κ3) is 2.68. The lowest BCUT2D eigenvalue weighted by atomic mass is 10.1. The van der Waals surface area contributed by atoms with Gasteiger partial charge < -0.3 is 4.74 Å². The fraction of sp³-hybridized carbons (Fsp3) is 0.400. The molecule has 0 fully saturated rings. The van der Waals surface area contributed by atoms with Crippen LogP contribution in [0.1, 0.15) is 25.5 Å². The van der Waals surface area contributed by atoms with E-state index in [1.54, 1.807) is 0 Å². The summed E-state index contributed by atoms with van der Waals surface area (Å²) in [6.45, 7) is 4.46. The Kier molecular flexibility index (Phi) is 3.83. The molecule has 0 aliphatic rings. The van der Waals surface area contributed by atoms with E-state index in [9.17, 15) is 0 Å². The fourth-order valence-electron chi connectivity index (χ4n) is 1.15. The Hall–Kier alpha value is -1.67. The van der Waals surface area contributed by atoms with Gasteiger partial charge in [0.1, 0.15) is 5.75 Å². The molecule has 4 nitrogen and oxygen atoms in total. The van der Waals surface area contributed by atoms with Crippen molar-refractivity contribution in [3.05, 3.63) is 40.3 Å². The van der Waals surface area contributed by atoms with Crippen LogP contribution in [0.3, 0.4) is 0 Å². The molecule has 0 radical (unpaired) electrons. The Morgan fingerprint density at radius 3 is 2.57 bits per heavy atom. The van der Waals surface area contributed by atoms with Crippen molar-refractivity contribution in [3.63, 3.8) is 0 Å². The Labute approximate surface area is 83.1 Å². The summed E-state index contributed by atoms with van der Waals surface area (Å²) < 4.78 is 5.30. The monoisotopic (exact) mass is 191 g/mol. The average Bonchev–Trinajstić information content (AvgIpc) is 2.20. The molecule has 0 amide bonds. The van der Waals surface area contributed by atoms with Crippen molar-refractivity contribution in [1.82, 2.24) is 0 Å². The number of benzene rings is 1. The highest BCUT2D eigenvalue weighted by molar-refractivity contribution is 5.28. The average molecular weight is 191 g/mol. The number of nitrogens with zero attached hydrogens (tertiary/aromatic N) is 3. The van der Waals surface area contributed by atoms with Crippen molar-refractivity contribution >= 4 is 0 Å². The summed E-state index contributed by atoms with van der Waals surface area (Å²) in [5.74, 6) is 0.837. The molecule has 1 aromatic carbocycles. The molecule has 74 valence electrons. The van der Waals surface area contributed by atoms with Crippen molar-refractivity contribution in [1.29, 1.82) is 0 Å². The zero-order chi connectivity index (χ0) is 10.4. The lowest BCUT2D eigenvalue weighted by Gasteiger charge is -2.06. The summed E-state index contributed by atoms with van der Waals surface area (Å²) in [6, 6.07) is 7.44. The van der Waals surface area contributed by atoms with Crippen molar-refractivity contribution in [2.45, 2.75) is 19.9 Å². The number of hydrogen-bond acceptors (Lipinski definition) is 2. The van der Waals surface area contributed by atoms with Gasteiger partial charge in [0, 0.05) is 4.91 Å². The normalized spacial score (nSPS) is 11.6. The topological polar surface area (TPSA) is 58.0 Å². The van der Waals surface area contributed by atoms with Gasteiger partial charge in [-0.05, 0) is 30.2 Å². The maximum absolute atomic E-state index is 8.27. The molecule has 0 saturated carbocycles. The molecule has 0 aromatic heterocycles. The largest absolute Gasteiger partial charge is 0.494 e. The van der Waals surface area contributed by atoms with Gasteiger partial charge in [-0.2, -0.15) is 0 Å². The van der Waals surface area contributed by atoms with Gasteiger partial charge >= 0.3 is 0 Å². The van der Waals surface area contributed by atoms with Gasteiger partial charge in [0.25, 0.3) is 0 Å². The Balaban J connectivity index is 2.77. The smallest absolute Gasteiger partial charge is 0.119 e. The second-order valence-electron chi connectivity index (χ2n) is 2.88. The molecule has 1 rings (SSSR count). The molecule has 0 bridgehead atoms. The van der Waals surface area contributed by atoms with Gasteiger partial charge in [-0.15, -0.1) is 0 Å². The quantitative estimate of drug-likeness (QED) is 0.408. The molecule has 1 aromatic rings. The SMILES string of the molecule is CCOc1ccc([C@H](C)N=[N+]=[N-])cc1. The predicted octanol–water partition coefficient (Wildman–Crippen LogP) is 3.46. The van der Waals surface area contributed by atoms with Crippen LogP contribution < -0.4 is 4.74 Å². The highest BCUT2D eigenvalue weighted by Gasteiger charge is 2.01. The van der Waals surface area contributed by atoms with Gasteiger partial charge in [0.05, 0.1) is 12.6 Å². The van der Waals surface area contributed by atoms with Crippen molar-refractivity contribution < 1.29 is 4.74 Å². The Morgan fingerprint density at radius 1 is 1.43 bits per heavy atom. The van der Waals surface area contributed by atoms with Crippen LogP contribution in [0.25, 0.3) is 10.4 Å². The van der Waals surface area contributed by atoms with E-state index in [0.29, 0.717) is 6.61 Å². The third-order valence-corrected chi connectivity index (χ3v) is 1.90. The summed E-state index contributed by atoms with van der Waals surface area (Å²) >= 11 is 0. The zero-order valence-corrected chi connectivity index (χ0v) is 8.34. The highest BCUT2D eigenvalue weighted by atomic mass is 16.5. The first kappa shape index (κ1) is 10.4. The first-order valence-corrected chi connectivity index (χ1v) is 4.55. The summed E-state index contributed by atoms with van der Waals surface area (Å²) in [4.78, 5) is 2.76. The molecule has 0 saturated heterocycles. The maximum atomic E-state index is 8.27. The summed E-state index contributed by atoms with van der Waals surface area (Å²) in [6.07, 6.45) is 0. The van der Waals surface area contributed by atoms with Crippen LogP contribution in [0, 0.1) is 0 Å². The minimum Gasteiger partial charge on any atom is -0.494 e. The molecule has 0 aliphatic heterocycles. The molecule has 14 heavy (non-hydrogen) atoms. The number of azide groups is 1.